The van der Waals surface area contributed by atoms with Crippen LogP contribution in [-0.4, -0.2) is 46.7 Å². The van der Waals surface area contributed by atoms with Crippen molar-refractivity contribution in [2.24, 2.45) is 0 Å². The van der Waals surface area contributed by atoms with Crippen LogP contribution in [0, 0.1) is 5.41 Å². The molecule has 0 atom stereocenters. The van der Waals surface area contributed by atoms with E-state index in [0.29, 0.717) is 36.6 Å². The predicted octanol–water partition coefficient (Wildman–Crippen LogP) is 1.73. The summed E-state index contributed by atoms with van der Waals surface area (Å²) in [4.78, 5) is 14.6. The van der Waals surface area contributed by atoms with Gasteiger partial charge in [0.25, 0.3) is 0 Å². The van der Waals surface area contributed by atoms with Gasteiger partial charge in [-0.1, -0.05) is 0 Å². The topological polar surface area (TPSA) is 138 Å². The van der Waals surface area contributed by atoms with Gasteiger partial charge in [-0.15, -0.1) is 11.3 Å². The molecule has 4 rings (SSSR count). The maximum absolute atomic E-state index is 11.9. The number of anilines is 3. The van der Waals surface area contributed by atoms with E-state index in [1.54, 1.807) is 12.3 Å². The van der Waals surface area contributed by atoms with Gasteiger partial charge < -0.3 is 16.5 Å². The van der Waals surface area contributed by atoms with E-state index in [2.05, 4.69) is 20.3 Å². The van der Waals surface area contributed by atoms with E-state index in [1.165, 1.54) is 28.2 Å². The van der Waals surface area contributed by atoms with Crippen LogP contribution in [0.15, 0.2) is 18.6 Å². The fourth-order valence-corrected chi connectivity index (χ4v) is 5.17. The van der Waals surface area contributed by atoms with Gasteiger partial charge in [-0.25, -0.2) is 23.4 Å². The maximum atomic E-state index is 11.9. The Kier molecular flexibility index (Phi) is 4.29. The van der Waals surface area contributed by atoms with Gasteiger partial charge in [0.15, 0.2) is 0 Å². The van der Waals surface area contributed by atoms with Gasteiger partial charge in [0, 0.05) is 29.7 Å². The molecule has 3 aromatic heterocycles. The summed E-state index contributed by atoms with van der Waals surface area (Å²) in [6.07, 6.45) is 6.04. The molecule has 3 aromatic rings. The Balaban J connectivity index is 1.75. The van der Waals surface area contributed by atoms with Crippen molar-refractivity contribution in [3.05, 3.63) is 34.6 Å². The zero-order chi connectivity index (χ0) is 19.2. The van der Waals surface area contributed by atoms with Crippen LogP contribution in [0.5, 0.6) is 0 Å². The largest absolute Gasteiger partial charge is 0.383 e. The van der Waals surface area contributed by atoms with Gasteiger partial charge in [-0.2, -0.15) is 4.31 Å². The van der Waals surface area contributed by atoms with E-state index in [0.717, 1.165) is 26.9 Å². The van der Waals surface area contributed by atoms with Gasteiger partial charge in [0.1, 0.15) is 22.8 Å². The minimum atomic E-state index is -3.23. The molecule has 140 valence electrons. The van der Waals surface area contributed by atoms with Crippen LogP contribution in [0.25, 0.3) is 10.2 Å². The molecule has 0 saturated heterocycles. The van der Waals surface area contributed by atoms with Gasteiger partial charge in [0.05, 0.1) is 23.5 Å². The van der Waals surface area contributed by atoms with Crippen LogP contribution in [0.4, 0.5) is 17.3 Å². The molecule has 11 heteroatoms. The number of thiophene rings is 1. The highest BCUT2D eigenvalue weighted by molar-refractivity contribution is 7.88. The Hall–Kier alpha value is -2.63. The van der Waals surface area contributed by atoms with E-state index >= 15 is 0 Å². The lowest BCUT2D eigenvalue weighted by Gasteiger charge is -2.24. The molecule has 0 bridgehead atoms. The van der Waals surface area contributed by atoms with Crippen LogP contribution in [0.1, 0.15) is 16.0 Å². The molecule has 0 aromatic carbocycles. The first kappa shape index (κ1) is 17.8. The number of hydrogen-bond acceptors (Lipinski definition) is 9. The summed E-state index contributed by atoms with van der Waals surface area (Å²) in [6, 6.07) is 1.73. The van der Waals surface area contributed by atoms with E-state index in [4.69, 9.17) is 11.1 Å². The van der Waals surface area contributed by atoms with Crippen molar-refractivity contribution in [2.45, 2.75) is 13.0 Å². The minimum Gasteiger partial charge on any atom is -0.383 e. The standard InChI is InChI=1S/C16H17N7O2S2/c1-27(24,25)23-3-2-11-12(7-23)26-16-13(11)15(20-8-21-16)22-10-4-9(5-17)14(18)19-6-10/h4-6,8,17H,2-3,7H2,1H3,(H2,18,19)(H,20,21,22). The molecule has 27 heavy (non-hydrogen) atoms. The first-order valence-corrected chi connectivity index (χ1v) is 10.8. The van der Waals surface area contributed by atoms with Crippen molar-refractivity contribution in [2.75, 3.05) is 23.9 Å². The Bertz CT molecular complexity index is 1160. The van der Waals surface area contributed by atoms with Gasteiger partial charge in [-0.05, 0) is 18.1 Å². The Labute approximate surface area is 159 Å². The third kappa shape index (κ3) is 3.24. The van der Waals surface area contributed by atoms with Gasteiger partial charge in [0.2, 0.25) is 10.0 Å². The van der Waals surface area contributed by atoms with E-state index < -0.39 is 10.0 Å². The molecule has 1 aliphatic heterocycles. The molecule has 0 fully saturated rings. The first-order chi connectivity index (χ1) is 12.9. The molecule has 0 aliphatic carbocycles. The van der Waals surface area contributed by atoms with Crippen LogP contribution in [0.2, 0.25) is 0 Å². The van der Waals surface area contributed by atoms with Crippen LogP contribution >= 0.6 is 11.3 Å². The predicted molar refractivity (Wildman–Crippen MR) is 106 cm³/mol. The lowest BCUT2D eigenvalue weighted by atomic mass is 10.1. The third-order valence-electron chi connectivity index (χ3n) is 4.44. The van der Waals surface area contributed by atoms with Crippen molar-refractivity contribution in [3.8, 4) is 0 Å². The average molecular weight is 403 g/mol. The number of nitrogens with zero attached hydrogens (tertiary/aromatic N) is 4. The van der Waals surface area contributed by atoms with Gasteiger partial charge >= 0.3 is 0 Å². The minimum absolute atomic E-state index is 0.289. The lowest BCUT2D eigenvalue weighted by Crippen LogP contribution is -2.34. The summed E-state index contributed by atoms with van der Waals surface area (Å²) in [7, 11) is -3.23. The van der Waals surface area contributed by atoms with Crippen molar-refractivity contribution in [3.63, 3.8) is 0 Å². The Morgan fingerprint density at radius 2 is 2.19 bits per heavy atom. The van der Waals surface area contributed by atoms with Crippen LogP contribution in [-0.2, 0) is 23.0 Å². The molecule has 0 spiro atoms. The van der Waals surface area contributed by atoms with E-state index in [-0.39, 0.29) is 5.82 Å². The zero-order valence-electron chi connectivity index (χ0n) is 14.4. The van der Waals surface area contributed by atoms with Gasteiger partial charge in [-0.3, -0.25) is 0 Å². The number of aromatic nitrogens is 3. The summed E-state index contributed by atoms with van der Waals surface area (Å²) in [5.41, 5.74) is 7.99. The number of nitrogens with two attached hydrogens (primary N) is 1. The number of pyridine rings is 1. The Morgan fingerprint density at radius 1 is 1.37 bits per heavy atom. The van der Waals surface area contributed by atoms with Crippen molar-refractivity contribution in [1.82, 2.24) is 19.3 Å². The summed E-state index contributed by atoms with van der Waals surface area (Å²) in [6.45, 7) is 0.795. The third-order valence-corrected chi connectivity index (χ3v) is 6.81. The molecule has 1 aliphatic rings. The molecular weight excluding hydrogens is 386 g/mol. The molecule has 4 N–H and O–H groups in total. The summed E-state index contributed by atoms with van der Waals surface area (Å²) >= 11 is 1.49. The molecular formula is C16H17N7O2S2. The van der Waals surface area contributed by atoms with E-state index in [1.807, 2.05) is 0 Å². The van der Waals surface area contributed by atoms with Crippen molar-refractivity contribution < 1.29 is 8.42 Å². The number of rotatable bonds is 4. The van der Waals surface area contributed by atoms with E-state index in [9.17, 15) is 8.42 Å². The summed E-state index contributed by atoms with van der Waals surface area (Å²) in [5.74, 6) is 0.921. The second-order valence-corrected chi connectivity index (χ2v) is 9.29. The molecule has 9 nitrogen and oxygen atoms in total. The number of nitrogens with one attached hydrogen (secondary N) is 2. The zero-order valence-corrected chi connectivity index (χ0v) is 16.1. The monoisotopic (exact) mass is 403 g/mol. The second-order valence-electron chi connectivity index (χ2n) is 6.22. The van der Waals surface area contributed by atoms with Crippen LogP contribution in [0.3, 0.4) is 0 Å². The summed E-state index contributed by atoms with van der Waals surface area (Å²) in [5, 5.41) is 11.5. The number of hydrogen-bond donors (Lipinski definition) is 3. The molecule has 0 amide bonds. The van der Waals surface area contributed by atoms with Crippen molar-refractivity contribution in [1.29, 1.82) is 5.41 Å². The number of nitrogen functional groups attached to an aromatic ring is 1. The first-order valence-electron chi connectivity index (χ1n) is 8.10. The second kappa shape index (κ2) is 6.51. The number of fused-ring (bicyclic) bond motifs is 3. The fraction of sp³-hybridized carbons (Fsp3) is 0.250. The molecule has 0 radical (unpaired) electrons. The average Bonchev–Trinajstić information content (AvgIpc) is 3.01. The van der Waals surface area contributed by atoms with Crippen LogP contribution < -0.4 is 11.1 Å². The quantitative estimate of drug-likeness (QED) is 0.564. The molecule has 0 unspecified atom stereocenters. The maximum Gasteiger partial charge on any atom is 0.211 e. The highest BCUT2D eigenvalue weighted by atomic mass is 32.2. The SMILES string of the molecule is CS(=O)(=O)N1CCc2c(sc3ncnc(Nc4cnc(N)c(C=N)c4)c23)C1. The highest BCUT2D eigenvalue weighted by Gasteiger charge is 2.28. The smallest absolute Gasteiger partial charge is 0.211 e. The Morgan fingerprint density at radius 3 is 2.93 bits per heavy atom. The highest BCUT2D eigenvalue weighted by Crippen LogP contribution is 2.38. The normalized spacial score (nSPS) is 14.9. The lowest BCUT2D eigenvalue weighted by molar-refractivity contribution is 0.400. The van der Waals surface area contributed by atoms with Crippen molar-refractivity contribution >= 4 is 55.1 Å². The summed E-state index contributed by atoms with van der Waals surface area (Å²) < 4.78 is 25.2. The molecule has 0 saturated carbocycles. The molecule has 4 heterocycles. The number of sulfonamides is 1. The fourth-order valence-electron chi connectivity index (χ4n) is 3.10.